The molecule has 1 nitrogen and oxygen atoms in total. The van der Waals surface area contributed by atoms with Gasteiger partial charge in [-0.15, -0.1) is 11.3 Å². The van der Waals surface area contributed by atoms with Crippen LogP contribution in [0.1, 0.15) is 17.2 Å². The Morgan fingerprint density at radius 1 is 1.20 bits per heavy atom. The fourth-order valence-electron chi connectivity index (χ4n) is 2.26. The van der Waals surface area contributed by atoms with Crippen LogP contribution in [0.5, 0.6) is 0 Å². The number of hydrogen-bond donors (Lipinski definition) is 1. The van der Waals surface area contributed by atoms with Gasteiger partial charge in [0.2, 0.25) is 0 Å². The van der Waals surface area contributed by atoms with Crippen LogP contribution in [0.3, 0.4) is 0 Å². The lowest BCUT2D eigenvalue weighted by atomic mass is 10.0. The Balaban J connectivity index is 1.89. The molecule has 0 aliphatic carbocycles. The van der Waals surface area contributed by atoms with E-state index in [9.17, 15) is 9.50 Å². The summed E-state index contributed by atoms with van der Waals surface area (Å²) in [6.45, 7) is 0. The van der Waals surface area contributed by atoms with Gasteiger partial charge < -0.3 is 5.11 Å². The van der Waals surface area contributed by atoms with E-state index in [1.807, 2.05) is 29.6 Å². The molecule has 0 aliphatic rings. The van der Waals surface area contributed by atoms with E-state index < -0.39 is 11.9 Å². The van der Waals surface area contributed by atoms with Gasteiger partial charge in [-0.25, -0.2) is 4.39 Å². The Morgan fingerprint density at radius 3 is 2.80 bits per heavy atom. The number of aliphatic hydroxyl groups excluding tert-OH is 1. The van der Waals surface area contributed by atoms with Crippen LogP contribution in [0.25, 0.3) is 10.1 Å². The van der Waals surface area contributed by atoms with E-state index in [0.29, 0.717) is 6.42 Å². The smallest absolute Gasteiger partial charge is 0.141 e. The fraction of sp³-hybridized carbons (Fsp3) is 0.125. The number of benzene rings is 2. The molecule has 1 aromatic heterocycles. The summed E-state index contributed by atoms with van der Waals surface area (Å²) in [5.41, 5.74) is 1.73. The summed E-state index contributed by atoms with van der Waals surface area (Å²) in [5.74, 6) is -0.439. The Labute approximate surface area is 125 Å². The number of fused-ring (bicyclic) bond motifs is 1. The molecule has 0 amide bonds. The van der Waals surface area contributed by atoms with Crippen LogP contribution >= 0.6 is 22.9 Å². The first kappa shape index (κ1) is 13.6. The molecular formula is C16H12ClFOS. The summed E-state index contributed by atoms with van der Waals surface area (Å²) in [5, 5.41) is 13.5. The fourth-order valence-corrected chi connectivity index (χ4v) is 3.47. The average Bonchev–Trinajstić information content (AvgIpc) is 2.87. The topological polar surface area (TPSA) is 20.2 Å². The van der Waals surface area contributed by atoms with E-state index in [1.165, 1.54) is 6.07 Å². The zero-order valence-corrected chi connectivity index (χ0v) is 12.1. The second-order valence-electron chi connectivity index (χ2n) is 4.66. The molecule has 1 atom stereocenters. The largest absolute Gasteiger partial charge is 0.388 e. The molecule has 2 aromatic carbocycles. The normalized spacial score (nSPS) is 12.8. The third kappa shape index (κ3) is 2.57. The summed E-state index contributed by atoms with van der Waals surface area (Å²) in [6.07, 6.45) is -0.201. The maximum atomic E-state index is 13.1. The highest BCUT2D eigenvalue weighted by Gasteiger charge is 2.14. The number of rotatable bonds is 3. The first-order valence-corrected chi connectivity index (χ1v) is 7.49. The predicted octanol–water partition coefficient (Wildman–Crippen LogP) is 4.97. The van der Waals surface area contributed by atoms with Crippen molar-refractivity contribution in [2.24, 2.45) is 0 Å². The summed E-state index contributed by atoms with van der Waals surface area (Å²) >= 11 is 7.38. The average molecular weight is 307 g/mol. The SMILES string of the molecule is OC(Cc1ccc(F)c(Cl)c1)c1csc2ccccc12. The van der Waals surface area contributed by atoms with Gasteiger partial charge in [-0.2, -0.15) is 0 Å². The van der Waals surface area contributed by atoms with Crippen molar-refractivity contribution in [2.45, 2.75) is 12.5 Å². The molecule has 1 unspecified atom stereocenters. The van der Waals surface area contributed by atoms with Crippen LogP contribution in [0.2, 0.25) is 5.02 Å². The maximum Gasteiger partial charge on any atom is 0.141 e. The predicted molar refractivity (Wildman–Crippen MR) is 81.9 cm³/mol. The van der Waals surface area contributed by atoms with Crippen LogP contribution in [-0.4, -0.2) is 5.11 Å². The molecule has 4 heteroatoms. The first-order valence-electron chi connectivity index (χ1n) is 6.23. The van der Waals surface area contributed by atoms with Gasteiger partial charge in [0.15, 0.2) is 0 Å². The summed E-state index contributed by atoms with van der Waals surface area (Å²) in [7, 11) is 0. The third-order valence-corrected chi connectivity index (χ3v) is 4.55. The van der Waals surface area contributed by atoms with Gasteiger partial charge >= 0.3 is 0 Å². The van der Waals surface area contributed by atoms with Gasteiger partial charge in [0.1, 0.15) is 5.82 Å². The highest BCUT2D eigenvalue weighted by atomic mass is 35.5. The summed E-state index contributed by atoms with van der Waals surface area (Å²) in [6, 6.07) is 12.5. The van der Waals surface area contributed by atoms with Crippen molar-refractivity contribution in [1.82, 2.24) is 0 Å². The zero-order chi connectivity index (χ0) is 14.1. The minimum atomic E-state index is -0.618. The number of halogens is 2. The van der Waals surface area contributed by atoms with E-state index in [-0.39, 0.29) is 5.02 Å². The van der Waals surface area contributed by atoms with E-state index in [1.54, 1.807) is 23.5 Å². The van der Waals surface area contributed by atoms with Crippen LogP contribution in [0.4, 0.5) is 4.39 Å². The molecule has 20 heavy (non-hydrogen) atoms. The molecule has 0 fully saturated rings. The van der Waals surface area contributed by atoms with Crippen LogP contribution < -0.4 is 0 Å². The van der Waals surface area contributed by atoms with Crippen molar-refractivity contribution in [2.75, 3.05) is 0 Å². The maximum absolute atomic E-state index is 13.1. The van der Waals surface area contributed by atoms with Gasteiger partial charge in [-0.1, -0.05) is 35.9 Å². The van der Waals surface area contributed by atoms with E-state index >= 15 is 0 Å². The zero-order valence-electron chi connectivity index (χ0n) is 10.5. The quantitative estimate of drug-likeness (QED) is 0.724. The van der Waals surface area contributed by atoms with E-state index in [0.717, 1.165) is 21.2 Å². The van der Waals surface area contributed by atoms with Crippen LogP contribution in [-0.2, 0) is 6.42 Å². The number of thiophene rings is 1. The summed E-state index contributed by atoms with van der Waals surface area (Å²) < 4.78 is 14.3. The number of hydrogen-bond acceptors (Lipinski definition) is 2. The lowest BCUT2D eigenvalue weighted by Crippen LogP contribution is -2.01. The molecule has 3 rings (SSSR count). The minimum Gasteiger partial charge on any atom is -0.388 e. The molecule has 0 aliphatic heterocycles. The van der Waals surface area contributed by atoms with Gasteiger partial charge in [0.05, 0.1) is 11.1 Å². The van der Waals surface area contributed by atoms with Crippen molar-refractivity contribution in [3.8, 4) is 0 Å². The Morgan fingerprint density at radius 2 is 2.00 bits per heavy atom. The molecule has 0 saturated heterocycles. The second kappa shape index (κ2) is 5.52. The molecule has 0 bridgehead atoms. The molecular weight excluding hydrogens is 295 g/mol. The van der Waals surface area contributed by atoms with Crippen molar-refractivity contribution >= 4 is 33.0 Å². The van der Waals surface area contributed by atoms with Gasteiger partial charge in [0.25, 0.3) is 0 Å². The van der Waals surface area contributed by atoms with Gasteiger partial charge in [0, 0.05) is 11.1 Å². The van der Waals surface area contributed by atoms with Crippen molar-refractivity contribution < 1.29 is 9.50 Å². The molecule has 0 spiro atoms. The van der Waals surface area contributed by atoms with Gasteiger partial charge in [-0.3, -0.25) is 0 Å². The van der Waals surface area contributed by atoms with E-state index in [4.69, 9.17) is 11.6 Å². The standard InChI is InChI=1S/C16H12ClFOS/c17-13-7-10(5-6-14(13)18)8-15(19)12-9-20-16-4-2-1-3-11(12)16/h1-7,9,15,19H,8H2. The Kier molecular flexibility index (Phi) is 3.74. The Bertz CT molecular complexity index is 753. The van der Waals surface area contributed by atoms with Crippen LogP contribution in [0, 0.1) is 5.82 Å². The first-order chi connectivity index (χ1) is 9.65. The Hall–Kier alpha value is -1.42. The number of aliphatic hydroxyl groups is 1. The molecule has 0 saturated carbocycles. The van der Waals surface area contributed by atoms with E-state index in [2.05, 4.69) is 0 Å². The summed E-state index contributed by atoms with van der Waals surface area (Å²) in [4.78, 5) is 0. The third-order valence-electron chi connectivity index (χ3n) is 3.28. The minimum absolute atomic E-state index is 0.0878. The van der Waals surface area contributed by atoms with Crippen molar-refractivity contribution in [1.29, 1.82) is 0 Å². The van der Waals surface area contributed by atoms with Crippen molar-refractivity contribution in [3.63, 3.8) is 0 Å². The molecule has 1 heterocycles. The lowest BCUT2D eigenvalue weighted by molar-refractivity contribution is 0.180. The highest BCUT2D eigenvalue weighted by molar-refractivity contribution is 7.17. The molecule has 0 radical (unpaired) electrons. The molecule has 102 valence electrons. The second-order valence-corrected chi connectivity index (χ2v) is 5.97. The molecule has 3 aromatic rings. The lowest BCUT2D eigenvalue weighted by Gasteiger charge is -2.10. The van der Waals surface area contributed by atoms with Crippen LogP contribution in [0.15, 0.2) is 47.8 Å². The molecule has 1 N–H and O–H groups in total. The monoisotopic (exact) mass is 306 g/mol. The van der Waals surface area contributed by atoms with Crippen molar-refractivity contribution in [3.05, 3.63) is 69.8 Å². The van der Waals surface area contributed by atoms with Gasteiger partial charge in [-0.05, 0) is 40.1 Å². The highest BCUT2D eigenvalue weighted by Crippen LogP contribution is 2.32.